The van der Waals surface area contributed by atoms with Gasteiger partial charge in [0.05, 0.1) is 11.4 Å². The van der Waals surface area contributed by atoms with E-state index in [-0.39, 0.29) is 0 Å². The number of thiophene rings is 1. The van der Waals surface area contributed by atoms with Crippen molar-refractivity contribution < 1.29 is 0 Å². The Bertz CT molecular complexity index is 3310. The third-order valence-electron chi connectivity index (χ3n) is 11.9. The molecular formula is C60H41NS. The number of rotatable bonds is 9. The van der Waals surface area contributed by atoms with E-state index in [1.54, 1.807) is 0 Å². The van der Waals surface area contributed by atoms with Gasteiger partial charge in [-0.05, 0) is 86.0 Å². The molecule has 11 rings (SSSR count). The lowest BCUT2D eigenvalue weighted by Crippen LogP contribution is -2.13. The Labute approximate surface area is 367 Å². The summed E-state index contributed by atoms with van der Waals surface area (Å²) < 4.78 is 2.63. The van der Waals surface area contributed by atoms with Gasteiger partial charge in [0, 0.05) is 37.0 Å². The van der Waals surface area contributed by atoms with Crippen molar-refractivity contribution in [1.82, 2.24) is 0 Å². The highest BCUT2D eigenvalue weighted by Crippen LogP contribution is 2.50. The van der Waals surface area contributed by atoms with Crippen LogP contribution in [-0.4, -0.2) is 0 Å². The molecule has 62 heavy (non-hydrogen) atoms. The first-order valence-electron chi connectivity index (χ1n) is 21.2. The molecule has 1 aromatic heterocycles. The molecule has 292 valence electrons. The van der Waals surface area contributed by atoms with E-state index in [4.69, 9.17) is 0 Å². The molecule has 10 aromatic carbocycles. The average Bonchev–Trinajstić information content (AvgIpc) is 3.74. The molecule has 0 unspecified atom stereocenters. The van der Waals surface area contributed by atoms with E-state index in [9.17, 15) is 0 Å². The molecule has 0 bridgehead atoms. The first-order chi connectivity index (χ1) is 30.8. The van der Waals surface area contributed by atoms with E-state index in [1.165, 1.54) is 75.8 Å². The Morgan fingerprint density at radius 1 is 0.258 bits per heavy atom. The lowest BCUT2D eigenvalue weighted by Gasteiger charge is -2.31. The van der Waals surface area contributed by atoms with Crippen molar-refractivity contribution in [3.8, 4) is 66.8 Å². The van der Waals surface area contributed by atoms with E-state index >= 15 is 0 Å². The highest BCUT2D eigenvalue weighted by molar-refractivity contribution is 7.26. The zero-order valence-corrected chi connectivity index (χ0v) is 34.8. The van der Waals surface area contributed by atoms with Gasteiger partial charge in [0.25, 0.3) is 0 Å². The first kappa shape index (κ1) is 37.2. The number of anilines is 3. The van der Waals surface area contributed by atoms with Gasteiger partial charge in [-0.1, -0.05) is 218 Å². The zero-order chi connectivity index (χ0) is 41.2. The maximum atomic E-state index is 2.48. The summed E-state index contributed by atoms with van der Waals surface area (Å²) in [4.78, 5) is 2.48. The molecule has 0 radical (unpaired) electrons. The number of hydrogen-bond donors (Lipinski definition) is 0. The van der Waals surface area contributed by atoms with Crippen LogP contribution in [0.5, 0.6) is 0 Å². The summed E-state index contributed by atoms with van der Waals surface area (Å²) in [5.74, 6) is 0. The molecule has 0 amide bonds. The van der Waals surface area contributed by atoms with Crippen LogP contribution in [0.1, 0.15) is 0 Å². The maximum Gasteiger partial charge on any atom is 0.0546 e. The van der Waals surface area contributed by atoms with Crippen molar-refractivity contribution in [2.75, 3.05) is 4.90 Å². The van der Waals surface area contributed by atoms with E-state index in [2.05, 4.69) is 254 Å². The Hall–Kier alpha value is -7.78. The Morgan fingerprint density at radius 3 is 1.42 bits per heavy atom. The summed E-state index contributed by atoms with van der Waals surface area (Å²) in [5, 5.41) is 2.62. The minimum atomic E-state index is 1.08. The van der Waals surface area contributed by atoms with Crippen molar-refractivity contribution >= 4 is 48.6 Å². The smallest absolute Gasteiger partial charge is 0.0546 e. The molecule has 0 saturated carbocycles. The van der Waals surface area contributed by atoms with Gasteiger partial charge in [-0.15, -0.1) is 11.3 Å². The Balaban J connectivity index is 1.14. The first-order valence-corrected chi connectivity index (χ1v) is 22.0. The van der Waals surface area contributed by atoms with E-state index in [0.29, 0.717) is 0 Å². The summed E-state index contributed by atoms with van der Waals surface area (Å²) in [6.45, 7) is 0. The largest absolute Gasteiger partial charge is 0.309 e. The van der Waals surface area contributed by atoms with Crippen LogP contribution < -0.4 is 4.90 Å². The van der Waals surface area contributed by atoms with Crippen LogP contribution >= 0.6 is 11.3 Å². The molecule has 0 fully saturated rings. The fraction of sp³-hybridized carbons (Fsp3) is 0. The summed E-state index contributed by atoms with van der Waals surface area (Å²) in [6, 6.07) is 90.4. The summed E-state index contributed by atoms with van der Waals surface area (Å²) in [7, 11) is 0. The minimum absolute atomic E-state index is 1.08. The van der Waals surface area contributed by atoms with Gasteiger partial charge in [0.1, 0.15) is 0 Å². The molecule has 0 spiro atoms. The molecule has 0 aliphatic heterocycles. The molecule has 1 nitrogen and oxygen atoms in total. The summed E-state index contributed by atoms with van der Waals surface area (Å²) >= 11 is 1.87. The van der Waals surface area contributed by atoms with Gasteiger partial charge in [-0.3, -0.25) is 0 Å². The van der Waals surface area contributed by atoms with E-state index in [0.717, 1.165) is 28.2 Å². The lowest BCUT2D eigenvalue weighted by molar-refractivity contribution is 1.28. The van der Waals surface area contributed by atoms with Gasteiger partial charge in [0.15, 0.2) is 0 Å². The van der Waals surface area contributed by atoms with Crippen LogP contribution in [0, 0.1) is 0 Å². The van der Waals surface area contributed by atoms with Crippen molar-refractivity contribution in [1.29, 1.82) is 0 Å². The molecule has 0 N–H and O–H groups in total. The maximum absolute atomic E-state index is 2.48. The third-order valence-corrected chi connectivity index (χ3v) is 13.2. The standard InChI is InChI=1S/C60H41NS/c1-4-18-42(19-5-1)43-34-36-46(37-35-43)50-25-12-14-31-56(50)61(48-40-38-47(39-41-48)52-29-16-30-55-53-26-13-15-33-58(53)62-60(52)55)57-32-17-28-51(45-22-8-3-9-23-45)59(57)54-27-11-10-24-49(54)44-20-6-2-7-21-44/h1-41H. The van der Waals surface area contributed by atoms with E-state index in [1.807, 2.05) is 11.3 Å². The highest BCUT2D eigenvalue weighted by atomic mass is 32.1. The summed E-state index contributed by atoms with van der Waals surface area (Å²) in [6.07, 6.45) is 0. The molecule has 0 aliphatic carbocycles. The second-order valence-corrected chi connectivity index (χ2v) is 16.7. The fourth-order valence-electron chi connectivity index (χ4n) is 9.00. The Kier molecular flexibility index (Phi) is 9.82. The second kappa shape index (κ2) is 16.3. The molecule has 11 aromatic rings. The number of fused-ring (bicyclic) bond motifs is 3. The summed E-state index contributed by atoms with van der Waals surface area (Å²) in [5.41, 5.74) is 17.5. The van der Waals surface area contributed by atoms with Gasteiger partial charge in [0.2, 0.25) is 0 Å². The number of nitrogens with zero attached hydrogens (tertiary/aromatic N) is 1. The van der Waals surface area contributed by atoms with Crippen molar-refractivity contribution in [2.24, 2.45) is 0 Å². The van der Waals surface area contributed by atoms with Gasteiger partial charge < -0.3 is 4.90 Å². The van der Waals surface area contributed by atoms with E-state index < -0.39 is 0 Å². The van der Waals surface area contributed by atoms with Crippen LogP contribution in [0.15, 0.2) is 249 Å². The number of hydrogen-bond acceptors (Lipinski definition) is 2. The van der Waals surface area contributed by atoms with Crippen molar-refractivity contribution in [2.45, 2.75) is 0 Å². The number of benzene rings is 10. The van der Waals surface area contributed by atoms with Crippen molar-refractivity contribution in [3.05, 3.63) is 249 Å². The molecule has 0 saturated heterocycles. The molecule has 0 aliphatic rings. The van der Waals surface area contributed by atoms with Crippen molar-refractivity contribution in [3.63, 3.8) is 0 Å². The zero-order valence-electron chi connectivity index (χ0n) is 34.0. The van der Waals surface area contributed by atoms with Gasteiger partial charge in [-0.2, -0.15) is 0 Å². The average molecular weight is 808 g/mol. The van der Waals surface area contributed by atoms with Crippen LogP contribution in [0.25, 0.3) is 86.9 Å². The van der Waals surface area contributed by atoms with Crippen LogP contribution in [-0.2, 0) is 0 Å². The lowest BCUT2D eigenvalue weighted by atomic mass is 9.87. The van der Waals surface area contributed by atoms with Crippen LogP contribution in [0.4, 0.5) is 17.1 Å². The minimum Gasteiger partial charge on any atom is -0.309 e. The number of para-hydroxylation sites is 1. The predicted molar refractivity (Wildman–Crippen MR) is 267 cm³/mol. The second-order valence-electron chi connectivity index (χ2n) is 15.6. The fourth-order valence-corrected chi connectivity index (χ4v) is 10.2. The molecule has 1 heterocycles. The van der Waals surface area contributed by atoms with Crippen LogP contribution in [0.2, 0.25) is 0 Å². The molecule has 0 atom stereocenters. The Morgan fingerprint density at radius 2 is 0.694 bits per heavy atom. The normalized spacial score (nSPS) is 11.2. The highest BCUT2D eigenvalue weighted by Gasteiger charge is 2.25. The topological polar surface area (TPSA) is 3.24 Å². The SMILES string of the molecule is c1ccc(-c2ccc(-c3ccccc3N(c3ccc(-c4cccc5c4sc4ccccc45)cc3)c3cccc(-c4ccccc4)c3-c3ccccc3-c3ccccc3)cc2)cc1. The third kappa shape index (κ3) is 6.87. The molecular weight excluding hydrogens is 767 g/mol. The molecule has 2 heteroatoms. The van der Waals surface area contributed by atoms with Crippen LogP contribution in [0.3, 0.4) is 0 Å². The quantitative estimate of drug-likeness (QED) is 0.140. The monoisotopic (exact) mass is 807 g/mol. The predicted octanol–water partition coefficient (Wildman–Crippen LogP) is 17.5. The van der Waals surface area contributed by atoms with Gasteiger partial charge in [-0.25, -0.2) is 0 Å². The van der Waals surface area contributed by atoms with Gasteiger partial charge >= 0.3 is 0 Å².